The van der Waals surface area contributed by atoms with Crippen molar-refractivity contribution in [2.75, 3.05) is 6.61 Å². The molecule has 0 N–H and O–H groups in total. The zero-order chi connectivity index (χ0) is 19.5. The summed E-state index contributed by atoms with van der Waals surface area (Å²) >= 11 is 0. The zero-order valence-electron chi connectivity index (χ0n) is 17.3. The van der Waals surface area contributed by atoms with Crippen LogP contribution in [-0.4, -0.2) is 21.4 Å². The van der Waals surface area contributed by atoms with E-state index in [-0.39, 0.29) is 0 Å². The van der Waals surface area contributed by atoms with Crippen LogP contribution in [0.4, 0.5) is 0 Å². The molecule has 0 bridgehead atoms. The lowest BCUT2D eigenvalue weighted by Crippen LogP contribution is -2.03. The number of benzene rings is 1. The standard InChI is InChI=1S/C23H35N3O/c1-20(21-12-14-22(15-13-21)26-19-24-18-25-26)27-17-11-9-7-5-6-8-10-16-23(2,3)4/h12-15,18-19H,1,5-11,16-17H2,2-4H3. The lowest BCUT2D eigenvalue weighted by molar-refractivity contribution is 0.267. The summed E-state index contributed by atoms with van der Waals surface area (Å²) in [5.74, 6) is 0.738. The van der Waals surface area contributed by atoms with E-state index in [1.165, 1.54) is 51.3 Å². The zero-order valence-corrected chi connectivity index (χ0v) is 17.3. The highest BCUT2D eigenvalue weighted by Crippen LogP contribution is 2.22. The van der Waals surface area contributed by atoms with Crippen molar-refractivity contribution >= 4 is 5.76 Å². The Kier molecular flexibility index (Phi) is 8.56. The second-order valence-corrected chi connectivity index (χ2v) is 8.44. The number of hydrogen-bond donors (Lipinski definition) is 0. The third-order valence-electron chi connectivity index (χ3n) is 4.72. The molecule has 27 heavy (non-hydrogen) atoms. The van der Waals surface area contributed by atoms with E-state index in [9.17, 15) is 0 Å². The molecule has 0 atom stereocenters. The van der Waals surface area contributed by atoms with E-state index in [1.54, 1.807) is 11.0 Å². The maximum atomic E-state index is 5.81. The van der Waals surface area contributed by atoms with Gasteiger partial charge in [-0.05, 0) is 42.5 Å². The largest absolute Gasteiger partial charge is 0.494 e. The highest BCUT2D eigenvalue weighted by Gasteiger charge is 2.08. The minimum Gasteiger partial charge on any atom is -0.494 e. The molecule has 0 aliphatic heterocycles. The van der Waals surface area contributed by atoms with Gasteiger partial charge in [0.1, 0.15) is 18.4 Å². The molecule has 0 saturated carbocycles. The fraction of sp³-hybridized carbons (Fsp3) is 0.565. The molecule has 0 radical (unpaired) electrons. The maximum Gasteiger partial charge on any atom is 0.138 e. The summed E-state index contributed by atoms with van der Waals surface area (Å²) in [6, 6.07) is 8.02. The number of aromatic nitrogens is 3. The van der Waals surface area contributed by atoms with Gasteiger partial charge >= 0.3 is 0 Å². The Morgan fingerprint density at radius 1 is 0.963 bits per heavy atom. The minimum atomic E-state index is 0.483. The number of nitrogens with zero attached hydrogens (tertiary/aromatic N) is 3. The summed E-state index contributed by atoms with van der Waals surface area (Å²) in [5.41, 5.74) is 2.47. The lowest BCUT2D eigenvalue weighted by Gasteiger charge is -2.17. The van der Waals surface area contributed by atoms with Crippen LogP contribution in [-0.2, 0) is 4.74 Å². The number of hydrogen-bond acceptors (Lipinski definition) is 3. The summed E-state index contributed by atoms with van der Waals surface area (Å²) in [6.07, 6.45) is 13.6. The molecule has 148 valence electrons. The predicted molar refractivity (Wildman–Crippen MR) is 113 cm³/mol. The van der Waals surface area contributed by atoms with Gasteiger partial charge in [-0.2, -0.15) is 5.10 Å². The predicted octanol–water partition coefficient (Wildman–Crippen LogP) is 6.42. The molecule has 0 fully saturated rings. The molecule has 0 aliphatic carbocycles. The van der Waals surface area contributed by atoms with Crippen LogP contribution in [0.2, 0.25) is 0 Å². The Labute approximate surface area is 164 Å². The van der Waals surface area contributed by atoms with Gasteiger partial charge in [-0.3, -0.25) is 0 Å². The van der Waals surface area contributed by atoms with E-state index < -0.39 is 0 Å². The molecule has 4 nitrogen and oxygen atoms in total. The third kappa shape index (κ3) is 8.42. The highest BCUT2D eigenvalue weighted by atomic mass is 16.5. The van der Waals surface area contributed by atoms with Gasteiger partial charge in [-0.25, -0.2) is 9.67 Å². The molecule has 0 unspecified atom stereocenters. The fourth-order valence-corrected chi connectivity index (χ4v) is 3.06. The van der Waals surface area contributed by atoms with Crippen molar-refractivity contribution < 1.29 is 4.74 Å². The molecule has 1 aromatic carbocycles. The van der Waals surface area contributed by atoms with Crippen LogP contribution in [0.15, 0.2) is 43.5 Å². The lowest BCUT2D eigenvalue weighted by atomic mass is 9.89. The van der Waals surface area contributed by atoms with Crippen molar-refractivity contribution in [1.29, 1.82) is 0 Å². The Morgan fingerprint density at radius 2 is 1.59 bits per heavy atom. The average molecular weight is 370 g/mol. The van der Waals surface area contributed by atoms with Crippen molar-refractivity contribution in [2.45, 2.75) is 72.1 Å². The van der Waals surface area contributed by atoms with Gasteiger partial charge in [0.05, 0.1) is 12.3 Å². The third-order valence-corrected chi connectivity index (χ3v) is 4.72. The maximum absolute atomic E-state index is 5.81. The first kappa shape index (κ1) is 21.2. The van der Waals surface area contributed by atoms with Gasteiger partial charge in [-0.15, -0.1) is 0 Å². The van der Waals surface area contributed by atoms with Crippen LogP contribution < -0.4 is 0 Å². The molecule has 4 heteroatoms. The Hall–Kier alpha value is -2.10. The Balaban J connectivity index is 1.52. The van der Waals surface area contributed by atoms with Crippen molar-refractivity contribution in [3.05, 3.63) is 49.1 Å². The second kappa shape index (κ2) is 10.9. The summed E-state index contributed by atoms with van der Waals surface area (Å²) in [4.78, 5) is 3.96. The first-order chi connectivity index (χ1) is 13.0. The molecule has 0 amide bonds. The van der Waals surface area contributed by atoms with Gasteiger partial charge in [-0.1, -0.05) is 65.9 Å². The van der Waals surface area contributed by atoms with Crippen molar-refractivity contribution in [3.8, 4) is 5.69 Å². The van der Waals surface area contributed by atoms with E-state index in [0.29, 0.717) is 5.41 Å². The Bertz CT molecular complexity index is 654. The summed E-state index contributed by atoms with van der Waals surface area (Å²) in [7, 11) is 0. The molecule has 2 rings (SSSR count). The second-order valence-electron chi connectivity index (χ2n) is 8.44. The number of ether oxygens (including phenoxy) is 1. The first-order valence-corrected chi connectivity index (χ1v) is 10.2. The van der Waals surface area contributed by atoms with Gasteiger partial charge in [0, 0.05) is 5.56 Å². The normalized spacial score (nSPS) is 11.5. The topological polar surface area (TPSA) is 39.9 Å². The Morgan fingerprint density at radius 3 is 2.19 bits per heavy atom. The fourth-order valence-electron chi connectivity index (χ4n) is 3.06. The van der Waals surface area contributed by atoms with E-state index in [0.717, 1.165) is 30.0 Å². The van der Waals surface area contributed by atoms with Crippen molar-refractivity contribution in [1.82, 2.24) is 14.8 Å². The minimum absolute atomic E-state index is 0.483. The first-order valence-electron chi connectivity index (χ1n) is 10.2. The van der Waals surface area contributed by atoms with E-state index in [1.807, 2.05) is 24.3 Å². The molecule has 2 aromatic rings. The summed E-state index contributed by atoms with van der Waals surface area (Å²) in [5, 5.41) is 4.12. The van der Waals surface area contributed by atoms with Crippen molar-refractivity contribution in [2.24, 2.45) is 5.41 Å². The molecule has 0 aliphatic rings. The summed E-state index contributed by atoms with van der Waals surface area (Å²) < 4.78 is 7.54. The van der Waals surface area contributed by atoms with Crippen molar-refractivity contribution in [3.63, 3.8) is 0 Å². The van der Waals surface area contributed by atoms with Gasteiger partial charge in [0.25, 0.3) is 0 Å². The smallest absolute Gasteiger partial charge is 0.138 e. The van der Waals surface area contributed by atoms with Crippen LogP contribution in [0, 0.1) is 5.41 Å². The van der Waals surface area contributed by atoms with Gasteiger partial charge < -0.3 is 4.74 Å². The average Bonchev–Trinajstić information content (AvgIpc) is 3.17. The molecule has 0 saturated heterocycles. The molecule has 0 spiro atoms. The van der Waals surface area contributed by atoms with Crippen LogP contribution in [0.25, 0.3) is 11.4 Å². The highest BCUT2D eigenvalue weighted by molar-refractivity contribution is 5.58. The molecule has 1 heterocycles. The van der Waals surface area contributed by atoms with Gasteiger partial charge in [0.15, 0.2) is 0 Å². The quantitative estimate of drug-likeness (QED) is 0.320. The van der Waals surface area contributed by atoms with E-state index >= 15 is 0 Å². The number of unbranched alkanes of at least 4 members (excludes halogenated alkanes) is 6. The molecular weight excluding hydrogens is 334 g/mol. The summed E-state index contributed by atoms with van der Waals surface area (Å²) in [6.45, 7) is 11.8. The van der Waals surface area contributed by atoms with Crippen LogP contribution in [0.3, 0.4) is 0 Å². The van der Waals surface area contributed by atoms with Crippen LogP contribution >= 0.6 is 0 Å². The number of rotatable bonds is 12. The molecule has 1 aromatic heterocycles. The monoisotopic (exact) mass is 369 g/mol. The van der Waals surface area contributed by atoms with E-state index in [4.69, 9.17) is 4.74 Å². The van der Waals surface area contributed by atoms with Gasteiger partial charge in [0.2, 0.25) is 0 Å². The SMILES string of the molecule is C=C(OCCCCCCCCCC(C)(C)C)c1ccc(-n2cncn2)cc1. The van der Waals surface area contributed by atoms with Crippen LogP contribution in [0.5, 0.6) is 0 Å². The van der Waals surface area contributed by atoms with E-state index in [2.05, 4.69) is 37.4 Å². The molecular formula is C23H35N3O. The van der Waals surface area contributed by atoms with Crippen LogP contribution in [0.1, 0.15) is 77.7 Å².